The van der Waals surface area contributed by atoms with E-state index in [-0.39, 0.29) is 11.9 Å². The zero-order valence-corrected chi connectivity index (χ0v) is 16.8. The first-order valence-corrected chi connectivity index (χ1v) is 9.95. The number of aryl methyl sites for hydroxylation is 3. The maximum absolute atomic E-state index is 12.5. The first-order valence-electron chi connectivity index (χ1n) is 9.95. The molecule has 0 fully saturated rings. The second kappa shape index (κ2) is 7.62. The Morgan fingerprint density at radius 1 is 1.25 bits per heavy atom. The molecule has 1 atom stereocenters. The fourth-order valence-electron chi connectivity index (χ4n) is 3.95. The largest absolute Gasteiger partial charge is 0.349 e. The molecule has 1 aliphatic rings. The average molecular weight is 377 g/mol. The van der Waals surface area contributed by atoms with Crippen LogP contribution in [0.4, 0.5) is 0 Å². The van der Waals surface area contributed by atoms with Crippen LogP contribution in [0.3, 0.4) is 0 Å². The molecular weight excluding hydrogens is 350 g/mol. The topological polar surface area (TPSA) is 64.7 Å². The number of carbonyl (C=O) groups excluding carboxylic acids is 1. The maximum atomic E-state index is 12.5. The molecule has 0 saturated heterocycles. The molecule has 0 unspecified atom stereocenters. The predicted octanol–water partition coefficient (Wildman–Crippen LogP) is 3.58. The number of rotatable bonds is 5. The number of carbonyl (C=O) groups is 1. The minimum absolute atomic E-state index is 0.0365. The molecular formula is C22H27N5O. The van der Waals surface area contributed by atoms with Crippen LogP contribution in [-0.2, 0) is 17.8 Å². The van der Waals surface area contributed by atoms with Crippen molar-refractivity contribution in [1.82, 2.24) is 24.9 Å². The summed E-state index contributed by atoms with van der Waals surface area (Å²) in [4.78, 5) is 12.5. The Kier molecular flexibility index (Phi) is 5.03. The molecule has 6 nitrogen and oxygen atoms in total. The fourth-order valence-corrected chi connectivity index (χ4v) is 3.95. The van der Waals surface area contributed by atoms with Crippen LogP contribution >= 0.6 is 0 Å². The molecule has 0 spiro atoms. The Balaban J connectivity index is 1.49. The zero-order chi connectivity index (χ0) is 19.7. The van der Waals surface area contributed by atoms with Crippen LogP contribution < -0.4 is 5.32 Å². The number of nitrogens with one attached hydrogen (secondary N) is 1. The summed E-state index contributed by atoms with van der Waals surface area (Å²) >= 11 is 0. The van der Waals surface area contributed by atoms with E-state index >= 15 is 0 Å². The first-order chi connectivity index (χ1) is 13.5. The van der Waals surface area contributed by atoms with Gasteiger partial charge in [0.2, 0.25) is 5.91 Å². The molecule has 2 aromatic heterocycles. The second-order valence-corrected chi connectivity index (χ2v) is 7.66. The normalized spacial score (nSPS) is 16.0. The van der Waals surface area contributed by atoms with E-state index in [2.05, 4.69) is 52.2 Å². The van der Waals surface area contributed by atoms with Gasteiger partial charge < -0.3 is 5.32 Å². The van der Waals surface area contributed by atoms with Crippen molar-refractivity contribution >= 4 is 5.91 Å². The van der Waals surface area contributed by atoms with Gasteiger partial charge in [-0.05, 0) is 63.3 Å². The highest BCUT2D eigenvalue weighted by Crippen LogP contribution is 2.32. The van der Waals surface area contributed by atoms with Crippen LogP contribution in [-0.4, -0.2) is 25.5 Å². The standard InChI is InChI=1S/C22H27N5O/c1-15-6-4-8-20(17(15)3)27-21-9-5-7-19(18(21)14-23-27)24-22(28)11-13-26-12-10-16(2)25-26/h4,6,8,10,12,14,19H,5,7,9,11,13H2,1-3H3,(H,24,28)/t19-/m0/s1. The third-order valence-corrected chi connectivity index (χ3v) is 5.66. The Morgan fingerprint density at radius 3 is 2.89 bits per heavy atom. The van der Waals surface area contributed by atoms with Crippen molar-refractivity contribution in [2.75, 3.05) is 0 Å². The van der Waals surface area contributed by atoms with E-state index < -0.39 is 0 Å². The van der Waals surface area contributed by atoms with Crippen molar-refractivity contribution in [3.05, 3.63) is 64.7 Å². The van der Waals surface area contributed by atoms with Crippen molar-refractivity contribution in [2.24, 2.45) is 0 Å². The van der Waals surface area contributed by atoms with Crippen LogP contribution in [0.15, 0.2) is 36.7 Å². The highest BCUT2D eigenvalue weighted by molar-refractivity contribution is 5.76. The van der Waals surface area contributed by atoms with E-state index in [9.17, 15) is 4.79 Å². The Hall–Kier alpha value is -2.89. The lowest BCUT2D eigenvalue weighted by atomic mass is 9.92. The molecule has 146 valence electrons. The Labute approximate surface area is 165 Å². The molecule has 1 aromatic carbocycles. The summed E-state index contributed by atoms with van der Waals surface area (Å²) in [6.07, 6.45) is 7.26. The van der Waals surface area contributed by atoms with Crippen molar-refractivity contribution < 1.29 is 4.79 Å². The van der Waals surface area contributed by atoms with Crippen molar-refractivity contribution in [3.63, 3.8) is 0 Å². The van der Waals surface area contributed by atoms with E-state index in [0.29, 0.717) is 13.0 Å². The van der Waals surface area contributed by atoms with Crippen molar-refractivity contribution in [3.8, 4) is 5.69 Å². The predicted molar refractivity (Wildman–Crippen MR) is 108 cm³/mol. The van der Waals surface area contributed by atoms with Gasteiger partial charge in [0.1, 0.15) is 0 Å². The number of fused-ring (bicyclic) bond motifs is 1. The van der Waals surface area contributed by atoms with Crippen LogP contribution in [0.5, 0.6) is 0 Å². The number of aromatic nitrogens is 4. The molecule has 1 aliphatic carbocycles. The summed E-state index contributed by atoms with van der Waals surface area (Å²) < 4.78 is 3.88. The highest BCUT2D eigenvalue weighted by atomic mass is 16.1. The van der Waals surface area contributed by atoms with Gasteiger partial charge in [0.15, 0.2) is 0 Å². The van der Waals surface area contributed by atoms with Gasteiger partial charge in [-0.3, -0.25) is 9.48 Å². The van der Waals surface area contributed by atoms with Crippen LogP contribution in [0.2, 0.25) is 0 Å². The molecule has 1 amide bonds. The van der Waals surface area contributed by atoms with Gasteiger partial charge in [-0.1, -0.05) is 12.1 Å². The van der Waals surface area contributed by atoms with Crippen LogP contribution in [0.1, 0.15) is 53.4 Å². The first kappa shape index (κ1) is 18.5. The third-order valence-electron chi connectivity index (χ3n) is 5.66. The minimum Gasteiger partial charge on any atom is -0.349 e. The number of benzene rings is 1. The SMILES string of the molecule is Cc1ccn(CCC(=O)N[C@H]2CCCc3c2cnn3-c2cccc(C)c2C)n1. The highest BCUT2D eigenvalue weighted by Gasteiger charge is 2.26. The van der Waals surface area contributed by atoms with Gasteiger partial charge in [-0.15, -0.1) is 0 Å². The summed E-state index contributed by atoms with van der Waals surface area (Å²) in [5.41, 5.74) is 6.97. The lowest BCUT2D eigenvalue weighted by Crippen LogP contribution is -2.31. The quantitative estimate of drug-likeness (QED) is 0.739. The van der Waals surface area contributed by atoms with Crippen molar-refractivity contribution in [1.29, 1.82) is 0 Å². The van der Waals surface area contributed by atoms with Gasteiger partial charge >= 0.3 is 0 Å². The number of hydrogen-bond donors (Lipinski definition) is 1. The van der Waals surface area contributed by atoms with E-state index in [1.165, 1.54) is 16.8 Å². The summed E-state index contributed by atoms with van der Waals surface area (Å²) in [5, 5.41) is 12.2. The molecule has 6 heteroatoms. The smallest absolute Gasteiger partial charge is 0.222 e. The average Bonchev–Trinajstić information content (AvgIpc) is 3.29. The van der Waals surface area contributed by atoms with Crippen molar-refractivity contribution in [2.45, 2.75) is 59.0 Å². The number of amides is 1. The molecule has 0 aliphatic heterocycles. The molecule has 4 rings (SSSR count). The van der Waals surface area contributed by atoms with Gasteiger partial charge in [0, 0.05) is 30.4 Å². The van der Waals surface area contributed by atoms with E-state index in [1.807, 2.05) is 30.1 Å². The monoisotopic (exact) mass is 377 g/mol. The molecule has 3 aromatic rings. The summed E-state index contributed by atoms with van der Waals surface area (Å²) in [6.45, 7) is 6.81. The molecule has 1 N–H and O–H groups in total. The van der Waals surface area contributed by atoms with Gasteiger partial charge in [-0.25, -0.2) is 4.68 Å². The Morgan fingerprint density at radius 2 is 2.11 bits per heavy atom. The lowest BCUT2D eigenvalue weighted by molar-refractivity contribution is -0.122. The Bertz CT molecular complexity index is 1000. The molecule has 2 heterocycles. The molecule has 0 radical (unpaired) electrons. The zero-order valence-electron chi connectivity index (χ0n) is 16.8. The summed E-state index contributed by atoms with van der Waals surface area (Å²) in [5.74, 6) is 0.0606. The van der Waals surface area contributed by atoms with E-state index in [4.69, 9.17) is 0 Å². The maximum Gasteiger partial charge on any atom is 0.222 e. The molecule has 28 heavy (non-hydrogen) atoms. The number of hydrogen-bond acceptors (Lipinski definition) is 3. The molecule has 0 bridgehead atoms. The minimum atomic E-state index is 0.0365. The number of nitrogens with zero attached hydrogens (tertiary/aromatic N) is 4. The van der Waals surface area contributed by atoms with E-state index in [0.717, 1.165) is 36.2 Å². The van der Waals surface area contributed by atoms with Gasteiger partial charge in [0.25, 0.3) is 0 Å². The second-order valence-electron chi connectivity index (χ2n) is 7.66. The van der Waals surface area contributed by atoms with Crippen LogP contribution in [0, 0.1) is 20.8 Å². The fraction of sp³-hybridized carbons (Fsp3) is 0.409. The molecule has 0 saturated carbocycles. The van der Waals surface area contributed by atoms with Crippen LogP contribution in [0.25, 0.3) is 5.69 Å². The lowest BCUT2D eigenvalue weighted by Gasteiger charge is -2.24. The third kappa shape index (κ3) is 3.59. The van der Waals surface area contributed by atoms with E-state index in [1.54, 1.807) is 0 Å². The summed E-state index contributed by atoms with van der Waals surface area (Å²) in [6, 6.07) is 8.30. The summed E-state index contributed by atoms with van der Waals surface area (Å²) in [7, 11) is 0. The van der Waals surface area contributed by atoms with Gasteiger partial charge in [-0.2, -0.15) is 10.2 Å². The van der Waals surface area contributed by atoms with Gasteiger partial charge in [0.05, 0.1) is 23.6 Å².